The van der Waals surface area contributed by atoms with Crippen molar-refractivity contribution in [3.05, 3.63) is 47.5 Å². The van der Waals surface area contributed by atoms with E-state index in [1.807, 2.05) is 6.07 Å². The molecule has 0 unspecified atom stereocenters. The summed E-state index contributed by atoms with van der Waals surface area (Å²) >= 11 is 1.80. The number of carbonyl (C=O) groups excluding carboxylic acids is 2. The van der Waals surface area contributed by atoms with E-state index in [4.69, 9.17) is 4.99 Å². The Bertz CT molecular complexity index is 1410. The minimum atomic E-state index is -0.334. The van der Waals surface area contributed by atoms with Crippen LogP contribution in [0.4, 0.5) is 0 Å². The second kappa shape index (κ2) is 8.55. The number of hydrogen-bond acceptors (Lipinski definition) is 4. The van der Waals surface area contributed by atoms with E-state index in [0.717, 1.165) is 68.8 Å². The number of hydrogen-bond donors (Lipinski definition) is 1. The molecule has 222 valence electrons. The highest BCUT2D eigenvalue weighted by Gasteiger charge is 2.84. The number of fused-ring (bicyclic) bond motifs is 1. The third-order valence-electron chi connectivity index (χ3n) is 13.9. The number of nitrogens with one attached hydrogen (secondary N) is 1. The molecule has 1 N–H and O–H groups in total. The molecular weight excluding hydrogens is 538 g/mol. The summed E-state index contributed by atoms with van der Waals surface area (Å²) in [5.74, 6) is 1.63. The number of benzene rings is 1. The van der Waals surface area contributed by atoms with Gasteiger partial charge in [0.25, 0.3) is 0 Å². The second-order valence-electron chi connectivity index (χ2n) is 15.4. The first-order chi connectivity index (χ1) is 20.4. The molecule has 0 radical (unpaired) electrons. The fourth-order valence-electron chi connectivity index (χ4n) is 10.9. The summed E-state index contributed by atoms with van der Waals surface area (Å²) in [6, 6.07) is 10.4. The summed E-state index contributed by atoms with van der Waals surface area (Å²) in [4.78, 5) is 35.9. The van der Waals surface area contributed by atoms with Gasteiger partial charge in [-0.25, -0.2) is 0 Å². The Balaban J connectivity index is 0.958. The minimum Gasteiger partial charge on any atom is -0.346 e. The van der Waals surface area contributed by atoms with Gasteiger partial charge in [0.1, 0.15) is 0 Å². The number of aliphatic imine (C=N–C) groups is 1. The molecule has 2 amide bonds. The lowest BCUT2D eigenvalue weighted by atomic mass is 9.69. The molecule has 2 heterocycles. The molecule has 0 bridgehead atoms. The van der Waals surface area contributed by atoms with Crippen LogP contribution in [0.2, 0.25) is 0 Å². The Hall–Kier alpha value is -2.08. The van der Waals surface area contributed by atoms with Crippen LogP contribution in [0.15, 0.2) is 47.0 Å². The molecule has 6 saturated carbocycles. The van der Waals surface area contributed by atoms with E-state index < -0.39 is 0 Å². The van der Waals surface area contributed by atoms with Gasteiger partial charge in [-0.3, -0.25) is 14.6 Å². The average molecular weight is 584 g/mol. The number of rotatable bonds is 12. The summed E-state index contributed by atoms with van der Waals surface area (Å²) in [5, 5.41) is 4.64. The van der Waals surface area contributed by atoms with Crippen LogP contribution in [0.25, 0.3) is 0 Å². The molecule has 0 saturated heterocycles. The van der Waals surface area contributed by atoms with Crippen LogP contribution in [0, 0.1) is 27.1 Å². The molecule has 5 nitrogen and oxygen atoms in total. The fraction of sp³-hybridized carbons (Fsp3) is 0.694. The van der Waals surface area contributed by atoms with Gasteiger partial charge in [0.2, 0.25) is 11.8 Å². The SMILES string of the molecule is CCC1(C2(C3(CC(=O)N4CC=C5C[C@@]54C4(C5(C(=O)N[C@@H](Cc6ccccc6)C6=NCCS6)CC5)CC4)CC3)CC2)CC1. The van der Waals surface area contributed by atoms with E-state index in [2.05, 4.69) is 47.5 Å². The first kappa shape index (κ1) is 26.3. The zero-order chi connectivity index (χ0) is 28.4. The van der Waals surface area contributed by atoms with Gasteiger partial charge >= 0.3 is 0 Å². The monoisotopic (exact) mass is 583 g/mol. The molecule has 42 heavy (non-hydrogen) atoms. The van der Waals surface area contributed by atoms with Crippen molar-refractivity contribution in [3.8, 4) is 0 Å². The standard InChI is InChI=1S/C36H45N3O2S/c1-2-31(9-10-31)34(15-16-34)32(11-12-32)24-28(40)39-20-8-26-23-36(26,39)35(17-18-35)33(13-14-33)30(41)38-27(29-37-19-21-42-29)22-25-6-4-3-5-7-25/h3-8,27H,2,9-24H2,1H3,(H,38,41)/t27-,36-/m0/s1. The van der Waals surface area contributed by atoms with Crippen LogP contribution in [0.1, 0.15) is 96.0 Å². The largest absolute Gasteiger partial charge is 0.346 e. The van der Waals surface area contributed by atoms with E-state index in [9.17, 15) is 9.59 Å². The lowest BCUT2D eigenvalue weighted by molar-refractivity contribution is -0.141. The molecule has 6 heteroatoms. The van der Waals surface area contributed by atoms with Crippen molar-refractivity contribution in [3.63, 3.8) is 0 Å². The van der Waals surface area contributed by atoms with Gasteiger partial charge < -0.3 is 10.2 Å². The van der Waals surface area contributed by atoms with Gasteiger partial charge in [0, 0.05) is 30.7 Å². The Morgan fingerprint density at radius 2 is 1.67 bits per heavy atom. The summed E-state index contributed by atoms with van der Waals surface area (Å²) < 4.78 is 0. The molecule has 0 aromatic heterocycles. The Kier molecular flexibility index (Phi) is 5.36. The maximum Gasteiger partial charge on any atom is 0.227 e. The predicted molar refractivity (Wildman–Crippen MR) is 167 cm³/mol. The quantitative estimate of drug-likeness (QED) is 0.287. The molecule has 2 atom stereocenters. The molecule has 6 aliphatic carbocycles. The summed E-state index contributed by atoms with van der Waals surface area (Å²) in [6.45, 7) is 3.99. The Morgan fingerprint density at radius 1 is 0.952 bits per heavy atom. The van der Waals surface area contributed by atoms with Crippen LogP contribution < -0.4 is 5.32 Å². The molecule has 0 spiro atoms. The van der Waals surface area contributed by atoms with E-state index in [1.165, 1.54) is 56.1 Å². The van der Waals surface area contributed by atoms with Crippen LogP contribution in [-0.4, -0.2) is 52.2 Å². The third-order valence-corrected chi connectivity index (χ3v) is 15.0. The maximum absolute atomic E-state index is 14.4. The van der Waals surface area contributed by atoms with Crippen molar-refractivity contribution < 1.29 is 9.59 Å². The topological polar surface area (TPSA) is 61.8 Å². The first-order valence-corrected chi connectivity index (χ1v) is 17.9. The lowest BCUT2D eigenvalue weighted by Crippen LogP contribution is -2.55. The predicted octanol–water partition coefficient (Wildman–Crippen LogP) is 6.47. The van der Waals surface area contributed by atoms with E-state index in [-0.39, 0.29) is 33.7 Å². The summed E-state index contributed by atoms with van der Waals surface area (Å²) in [7, 11) is 0. The smallest absolute Gasteiger partial charge is 0.227 e. The molecule has 8 aliphatic rings. The average Bonchev–Trinajstić information content (AvgIpc) is 3.81. The van der Waals surface area contributed by atoms with Crippen molar-refractivity contribution in [2.75, 3.05) is 18.8 Å². The normalized spacial score (nSPS) is 32.6. The number of carbonyl (C=O) groups is 2. The fourth-order valence-corrected chi connectivity index (χ4v) is 11.9. The highest BCUT2D eigenvalue weighted by molar-refractivity contribution is 8.14. The summed E-state index contributed by atoms with van der Waals surface area (Å²) in [6.07, 6.45) is 18.2. The van der Waals surface area contributed by atoms with Crippen molar-refractivity contribution >= 4 is 28.6 Å². The molecule has 9 rings (SSSR count). The second-order valence-corrected chi connectivity index (χ2v) is 16.5. The number of thioether (sulfide) groups is 1. The van der Waals surface area contributed by atoms with Crippen LogP contribution >= 0.6 is 11.8 Å². The van der Waals surface area contributed by atoms with Gasteiger partial charge in [-0.1, -0.05) is 43.3 Å². The third kappa shape index (κ3) is 3.37. The van der Waals surface area contributed by atoms with Crippen molar-refractivity contribution in [2.24, 2.45) is 32.1 Å². The zero-order valence-electron chi connectivity index (χ0n) is 25.2. The highest BCUT2D eigenvalue weighted by atomic mass is 32.2. The highest BCUT2D eigenvalue weighted by Crippen LogP contribution is 2.85. The molecule has 1 aromatic carbocycles. The van der Waals surface area contributed by atoms with Gasteiger partial charge in [0.15, 0.2) is 0 Å². The van der Waals surface area contributed by atoms with Gasteiger partial charge in [-0.05, 0) is 111 Å². The molecular formula is C36H45N3O2S. The van der Waals surface area contributed by atoms with Crippen LogP contribution in [0.3, 0.4) is 0 Å². The van der Waals surface area contributed by atoms with Crippen LogP contribution in [0.5, 0.6) is 0 Å². The summed E-state index contributed by atoms with van der Waals surface area (Å²) in [5.41, 5.74) is 3.39. The van der Waals surface area contributed by atoms with Crippen molar-refractivity contribution in [2.45, 2.75) is 108 Å². The van der Waals surface area contributed by atoms with Gasteiger partial charge in [-0.15, -0.1) is 11.8 Å². The van der Waals surface area contributed by atoms with Crippen LogP contribution in [-0.2, 0) is 16.0 Å². The minimum absolute atomic E-state index is 0.0635. The molecule has 6 fully saturated rings. The number of nitrogens with zero attached hydrogens (tertiary/aromatic N) is 2. The van der Waals surface area contributed by atoms with Crippen molar-refractivity contribution in [1.29, 1.82) is 0 Å². The van der Waals surface area contributed by atoms with E-state index in [1.54, 1.807) is 11.8 Å². The Labute approximate surface area is 254 Å². The number of amides is 2. The Morgan fingerprint density at radius 3 is 2.21 bits per heavy atom. The van der Waals surface area contributed by atoms with Gasteiger partial charge in [-0.2, -0.15) is 0 Å². The van der Waals surface area contributed by atoms with Crippen molar-refractivity contribution in [1.82, 2.24) is 10.2 Å². The zero-order valence-corrected chi connectivity index (χ0v) is 26.0. The maximum atomic E-state index is 14.4. The molecule has 2 aliphatic heterocycles. The van der Waals surface area contributed by atoms with E-state index >= 15 is 0 Å². The molecule has 1 aromatic rings. The van der Waals surface area contributed by atoms with Gasteiger partial charge in [0.05, 0.1) is 22.0 Å². The van der Waals surface area contributed by atoms with E-state index in [0.29, 0.717) is 16.7 Å². The lowest BCUT2D eigenvalue weighted by Gasteiger charge is -2.42. The first-order valence-electron chi connectivity index (χ1n) is 16.9.